The molecule has 7 heteroatoms. The molecular formula is C21H23N5OS. The lowest BCUT2D eigenvalue weighted by molar-refractivity contribution is 0.261. The van der Waals surface area contributed by atoms with Crippen LogP contribution >= 0.6 is 11.3 Å². The molecule has 0 fully saturated rings. The summed E-state index contributed by atoms with van der Waals surface area (Å²) in [4.78, 5) is 15.8. The van der Waals surface area contributed by atoms with Crippen molar-refractivity contribution in [3.05, 3.63) is 53.5 Å². The minimum atomic E-state index is 0.567. The van der Waals surface area contributed by atoms with E-state index in [9.17, 15) is 0 Å². The van der Waals surface area contributed by atoms with Crippen LogP contribution < -0.4 is 10.1 Å². The molecule has 0 spiro atoms. The molecule has 0 atom stereocenters. The largest absolute Gasteiger partial charge is 0.492 e. The highest BCUT2D eigenvalue weighted by molar-refractivity contribution is 7.13. The molecule has 0 aliphatic carbocycles. The van der Waals surface area contributed by atoms with Crippen molar-refractivity contribution in [1.29, 1.82) is 0 Å². The van der Waals surface area contributed by atoms with E-state index in [1.807, 2.05) is 50.6 Å². The Hall–Kier alpha value is -2.90. The Morgan fingerprint density at radius 3 is 2.68 bits per heavy atom. The Morgan fingerprint density at radius 1 is 1.14 bits per heavy atom. The van der Waals surface area contributed by atoms with Crippen molar-refractivity contribution in [2.24, 2.45) is 0 Å². The normalized spacial score (nSPS) is 11.3. The van der Waals surface area contributed by atoms with Crippen LogP contribution in [0.2, 0.25) is 0 Å². The van der Waals surface area contributed by atoms with Crippen LogP contribution in [-0.4, -0.2) is 47.1 Å². The number of aromatic nitrogens is 3. The number of H-pyrrole nitrogens is 1. The van der Waals surface area contributed by atoms with Crippen LogP contribution in [0.4, 0.5) is 11.6 Å². The zero-order valence-corrected chi connectivity index (χ0v) is 17.0. The molecule has 144 valence electrons. The number of hydrogen-bond acceptors (Lipinski definition) is 6. The number of nitrogens with one attached hydrogen (secondary N) is 2. The maximum Gasteiger partial charge on any atom is 0.229 e. The van der Waals surface area contributed by atoms with Gasteiger partial charge in [0.25, 0.3) is 0 Å². The van der Waals surface area contributed by atoms with Gasteiger partial charge in [-0.15, -0.1) is 11.3 Å². The monoisotopic (exact) mass is 393 g/mol. The molecule has 6 nitrogen and oxygen atoms in total. The van der Waals surface area contributed by atoms with Crippen LogP contribution in [-0.2, 0) is 0 Å². The number of benzene rings is 1. The Kier molecular flexibility index (Phi) is 5.27. The van der Waals surface area contributed by atoms with Gasteiger partial charge in [0, 0.05) is 23.8 Å². The number of rotatable bonds is 7. The van der Waals surface area contributed by atoms with Gasteiger partial charge in [0.15, 0.2) is 0 Å². The third-order valence-electron chi connectivity index (χ3n) is 4.30. The number of fused-ring (bicyclic) bond motifs is 1. The van der Waals surface area contributed by atoms with Crippen LogP contribution in [0.5, 0.6) is 5.75 Å². The summed E-state index contributed by atoms with van der Waals surface area (Å²) in [5.74, 6) is 1.42. The van der Waals surface area contributed by atoms with E-state index in [-0.39, 0.29) is 0 Å². The molecule has 0 bridgehead atoms. The second-order valence-corrected chi connectivity index (χ2v) is 7.84. The van der Waals surface area contributed by atoms with Gasteiger partial charge in [-0.2, -0.15) is 4.98 Å². The predicted molar refractivity (Wildman–Crippen MR) is 116 cm³/mol. The van der Waals surface area contributed by atoms with Gasteiger partial charge < -0.3 is 19.9 Å². The molecule has 0 aliphatic rings. The van der Waals surface area contributed by atoms with Gasteiger partial charge in [0.2, 0.25) is 5.95 Å². The zero-order chi connectivity index (χ0) is 19.5. The SMILES string of the molecule is Cc1csc(-c2nc(Nc3ccc(OCCN(C)C)cc3)nc3[nH]ccc23)c1. The van der Waals surface area contributed by atoms with E-state index in [1.54, 1.807) is 11.3 Å². The van der Waals surface area contributed by atoms with Gasteiger partial charge in [-0.05, 0) is 68.4 Å². The van der Waals surface area contributed by atoms with Crippen molar-refractivity contribution >= 4 is 34.0 Å². The fourth-order valence-electron chi connectivity index (χ4n) is 2.85. The lowest BCUT2D eigenvalue weighted by atomic mass is 10.2. The van der Waals surface area contributed by atoms with E-state index in [0.29, 0.717) is 12.6 Å². The van der Waals surface area contributed by atoms with Crippen LogP contribution in [0.25, 0.3) is 21.6 Å². The molecule has 4 rings (SSSR count). The van der Waals surface area contributed by atoms with Gasteiger partial charge in [0.1, 0.15) is 18.0 Å². The van der Waals surface area contributed by atoms with Gasteiger partial charge in [0.05, 0.1) is 10.6 Å². The van der Waals surface area contributed by atoms with E-state index in [2.05, 4.69) is 38.6 Å². The molecule has 0 radical (unpaired) electrons. The fourth-order valence-corrected chi connectivity index (χ4v) is 3.75. The second-order valence-electron chi connectivity index (χ2n) is 6.93. The zero-order valence-electron chi connectivity index (χ0n) is 16.2. The molecule has 0 saturated heterocycles. The molecule has 28 heavy (non-hydrogen) atoms. The summed E-state index contributed by atoms with van der Waals surface area (Å²) in [5.41, 5.74) is 3.92. The fraction of sp³-hybridized carbons (Fsp3) is 0.238. The van der Waals surface area contributed by atoms with Crippen molar-refractivity contribution in [2.45, 2.75) is 6.92 Å². The van der Waals surface area contributed by atoms with Crippen molar-refractivity contribution in [1.82, 2.24) is 19.9 Å². The molecule has 2 N–H and O–H groups in total. The van der Waals surface area contributed by atoms with E-state index in [4.69, 9.17) is 9.72 Å². The number of anilines is 2. The molecule has 3 heterocycles. The lowest BCUT2D eigenvalue weighted by Gasteiger charge is -2.12. The molecule has 1 aromatic carbocycles. The van der Waals surface area contributed by atoms with Gasteiger partial charge in [-0.3, -0.25) is 0 Å². The minimum absolute atomic E-state index is 0.567. The number of hydrogen-bond donors (Lipinski definition) is 2. The van der Waals surface area contributed by atoms with Gasteiger partial charge >= 0.3 is 0 Å². The summed E-state index contributed by atoms with van der Waals surface area (Å²) >= 11 is 1.70. The van der Waals surface area contributed by atoms with E-state index in [1.165, 1.54) is 5.56 Å². The maximum atomic E-state index is 5.74. The third-order valence-corrected chi connectivity index (χ3v) is 5.35. The molecule has 0 aliphatic heterocycles. The summed E-state index contributed by atoms with van der Waals surface area (Å²) in [6.07, 6.45) is 1.90. The average molecular weight is 394 g/mol. The number of likely N-dealkylation sites (N-methyl/N-ethyl adjacent to an activating group) is 1. The number of nitrogens with zero attached hydrogens (tertiary/aromatic N) is 3. The summed E-state index contributed by atoms with van der Waals surface area (Å²) in [6, 6.07) is 12.0. The highest BCUT2D eigenvalue weighted by Crippen LogP contribution is 2.32. The number of ether oxygens (including phenoxy) is 1. The van der Waals surface area contributed by atoms with Crippen molar-refractivity contribution in [3.8, 4) is 16.3 Å². The first kappa shape index (κ1) is 18.5. The standard InChI is InChI=1S/C21H23N5OS/c1-14-12-18(28-13-14)19-17-8-9-22-20(17)25-21(24-19)23-15-4-6-16(7-5-15)27-11-10-26(2)3/h4-9,12-13H,10-11H2,1-3H3,(H2,22,23,24,25). The number of thiophene rings is 1. The van der Waals surface area contributed by atoms with Crippen LogP contribution in [0, 0.1) is 6.92 Å². The predicted octanol–water partition coefficient (Wildman–Crippen LogP) is 4.68. The average Bonchev–Trinajstić information content (AvgIpc) is 3.31. The molecular weight excluding hydrogens is 370 g/mol. The second kappa shape index (κ2) is 8.00. The molecule has 4 aromatic rings. The van der Waals surface area contributed by atoms with Crippen LogP contribution in [0.3, 0.4) is 0 Å². The molecule has 0 amide bonds. The Morgan fingerprint density at radius 2 is 1.96 bits per heavy atom. The molecule has 0 saturated carbocycles. The summed E-state index contributed by atoms with van der Waals surface area (Å²) in [5, 5.41) is 6.46. The minimum Gasteiger partial charge on any atom is -0.492 e. The van der Waals surface area contributed by atoms with E-state index < -0.39 is 0 Å². The molecule has 3 aromatic heterocycles. The Labute approximate surface area is 168 Å². The van der Waals surface area contributed by atoms with E-state index >= 15 is 0 Å². The first-order chi connectivity index (χ1) is 13.6. The third kappa shape index (κ3) is 4.16. The summed E-state index contributed by atoms with van der Waals surface area (Å²) < 4.78 is 5.74. The number of aromatic amines is 1. The smallest absolute Gasteiger partial charge is 0.229 e. The van der Waals surface area contributed by atoms with Crippen LogP contribution in [0.1, 0.15) is 5.56 Å². The molecule has 0 unspecified atom stereocenters. The highest BCUT2D eigenvalue weighted by Gasteiger charge is 2.12. The highest BCUT2D eigenvalue weighted by atomic mass is 32.1. The Bertz CT molecular complexity index is 1070. The summed E-state index contributed by atoms with van der Waals surface area (Å²) in [7, 11) is 4.06. The van der Waals surface area contributed by atoms with Crippen molar-refractivity contribution in [2.75, 3.05) is 32.6 Å². The topological polar surface area (TPSA) is 66.1 Å². The van der Waals surface area contributed by atoms with Crippen molar-refractivity contribution in [3.63, 3.8) is 0 Å². The quantitative estimate of drug-likeness (QED) is 0.477. The maximum absolute atomic E-state index is 5.74. The van der Waals surface area contributed by atoms with E-state index in [0.717, 1.165) is 39.6 Å². The van der Waals surface area contributed by atoms with Gasteiger partial charge in [-0.25, -0.2) is 4.98 Å². The Balaban J connectivity index is 1.55. The number of aryl methyl sites for hydroxylation is 1. The van der Waals surface area contributed by atoms with Gasteiger partial charge in [-0.1, -0.05) is 0 Å². The first-order valence-corrected chi connectivity index (χ1v) is 10.0. The van der Waals surface area contributed by atoms with Crippen molar-refractivity contribution < 1.29 is 4.74 Å². The summed E-state index contributed by atoms with van der Waals surface area (Å²) in [6.45, 7) is 3.64. The first-order valence-electron chi connectivity index (χ1n) is 9.14. The van der Waals surface area contributed by atoms with Crippen LogP contribution in [0.15, 0.2) is 48.0 Å². The lowest BCUT2D eigenvalue weighted by Crippen LogP contribution is -2.19.